The molecule has 0 fully saturated rings. The van der Waals surface area contributed by atoms with E-state index in [2.05, 4.69) is 26.6 Å². The average molecular weight is 452 g/mol. The minimum atomic E-state index is -1.19. The zero-order valence-corrected chi connectivity index (χ0v) is 16.5. The minimum absolute atomic E-state index is 0.0915. The molecule has 2 aromatic carbocycles. The molecule has 1 atom stereocenters. The highest BCUT2D eigenvalue weighted by Gasteiger charge is 2.20. The van der Waals surface area contributed by atoms with E-state index in [0.29, 0.717) is 20.6 Å². The Morgan fingerprint density at radius 3 is 2.33 bits per heavy atom. The second-order valence-corrected chi connectivity index (χ2v) is 6.87. The summed E-state index contributed by atoms with van der Waals surface area (Å²) in [6, 6.07) is 12.2. The van der Waals surface area contributed by atoms with Gasteiger partial charge in [0.25, 0.3) is 11.8 Å². The molecule has 2 amide bonds. The van der Waals surface area contributed by atoms with E-state index in [1.165, 1.54) is 13.0 Å². The highest BCUT2D eigenvalue weighted by Crippen LogP contribution is 2.17. The predicted molar refractivity (Wildman–Crippen MR) is 106 cm³/mol. The van der Waals surface area contributed by atoms with Crippen LogP contribution in [0.1, 0.15) is 22.8 Å². The fraction of sp³-hybridized carbons (Fsp3) is 0.105. The summed E-state index contributed by atoms with van der Waals surface area (Å²) in [4.78, 5) is 36.0. The zero-order chi connectivity index (χ0) is 20.0. The van der Waals surface area contributed by atoms with Crippen molar-refractivity contribution in [1.82, 2.24) is 10.6 Å². The van der Waals surface area contributed by atoms with Gasteiger partial charge in [0.2, 0.25) is 0 Å². The van der Waals surface area contributed by atoms with Crippen LogP contribution in [0, 0.1) is 0 Å². The van der Waals surface area contributed by atoms with E-state index in [4.69, 9.17) is 16.7 Å². The van der Waals surface area contributed by atoms with Crippen LogP contribution in [-0.2, 0) is 9.59 Å². The lowest BCUT2D eigenvalue weighted by Gasteiger charge is -2.14. The predicted octanol–water partition coefficient (Wildman–Crippen LogP) is 3.46. The minimum Gasteiger partial charge on any atom is -0.480 e. The molecule has 8 heteroatoms. The monoisotopic (exact) mass is 450 g/mol. The van der Waals surface area contributed by atoms with E-state index >= 15 is 0 Å². The highest BCUT2D eigenvalue weighted by atomic mass is 79.9. The summed E-state index contributed by atoms with van der Waals surface area (Å²) in [5.41, 5.74) is 0.852. The summed E-state index contributed by atoms with van der Waals surface area (Å²) in [7, 11) is 0. The smallest absolute Gasteiger partial charge is 0.325 e. The molecule has 140 valence electrons. The molecule has 0 bridgehead atoms. The molecule has 0 radical (unpaired) electrons. The van der Waals surface area contributed by atoms with Crippen LogP contribution in [-0.4, -0.2) is 28.9 Å². The maximum atomic E-state index is 12.5. The van der Waals surface area contributed by atoms with E-state index in [0.717, 1.165) is 0 Å². The van der Waals surface area contributed by atoms with E-state index in [-0.39, 0.29) is 5.70 Å². The van der Waals surface area contributed by atoms with Crippen molar-refractivity contribution in [3.05, 3.63) is 74.9 Å². The third-order valence-corrected chi connectivity index (χ3v) is 4.45. The Hall–Kier alpha value is -2.64. The van der Waals surface area contributed by atoms with Crippen molar-refractivity contribution < 1.29 is 19.5 Å². The summed E-state index contributed by atoms with van der Waals surface area (Å²) in [5, 5.41) is 14.4. The lowest BCUT2D eigenvalue weighted by molar-refractivity contribution is -0.140. The zero-order valence-electron chi connectivity index (χ0n) is 14.2. The van der Waals surface area contributed by atoms with Gasteiger partial charge in [-0.25, -0.2) is 0 Å². The molecule has 0 aliphatic heterocycles. The standard InChI is InChI=1S/C19H16BrClN2O4/c1-11(19(26)27)22-18(25)16(10-12-6-8-13(21)9-7-12)23-17(24)14-4-2-3-5-15(14)20/h2-11H,1H3,(H,22,25)(H,23,24)(H,26,27)/b16-10+/t11-/m0/s1. The molecule has 0 spiro atoms. The molecular weight excluding hydrogens is 436 g/mol. The van der Waals surface area contributed by atoms with Gasteiger partial charge in [-0.2, -0.15) is 0 Å². The number of hydrogen-bond donors (Lipinski definition) is 3. The van der Waals surface area contributed by atoms with Crippen LogP contribution in [0.5, 0.6) is 0 Å². The lowest BCUT2D eigenvalue weighted by atomic mass is 10.1. The molecule has 0 unspecified atom stereocenters. The number of amides is 2. The summed E-state index contributed by atoms with van der Waals surface area (Å²) < 4.78 is 0.563. The Morgan fingerprint density at radius 2 is 1.74 bits per heavy atom. The van der Waals surface area contributed by atoms with Crippen molar-refractivity contribution in [2.75, 3.05) is 0 Å². The molecular formula is C19H16BrClN2O4. The largest absolute Gasteiger partial charge is 0.480 e. The second kappa shape index (κ2) is 9.34. The van der Waals surface area contributed by atoms with Gasteiger partial charge >= 0.3 is 5.97 Å². The number of halogens is 2. The van der Waals surface area contributed by atoms with E-state index in [1.54, 1.807) is 48.5 Å². The second-order valence-electron chi connectivity index (χ2n) is 5.58. The van der Waals surface area contributed by atoms with Gasteiger partial charge in [0.05, 0.1) is 5.56 Å². The summed E-state index contributed by atoms with van der Waals surface area (Å²) in [6.07, 6.45) is 1.44. The van der Waals surface area contributed by atoms with Crippen molar-refractivity contribution >= 4 is 51.4 Å². The highest BCUT2D eigenvalue weighted by molar-refractivity contribution is 9.10. The topological polar surface area (TPSA) is 95.5 Å². The third kappa shape index (κ3) is 5.94. The molecule has 0 saturated carbocycles. The molecule has 3 N–H and O–H groups in total. The average Bonchev–Trinajstić information content (AvgIpc) is 2.63. The van der Waals surface area contributed by atoms with Gasteiger partial charge in [0, 0.05) is 9.50 Å². The summed E-state index contributed by atoms with van der Waals surface area (Å²) in [5.74, 6) is -2.42. The van der Waals surface area contributed by atoms with E-state index < -0.39 is 23.8 Å². The normalized spacial score (nSPS) is 12.2. The number of rotatable bonds is 6. The van der Waals surface area contributed by atoms with Crippen LogP contribution >= 0.6 is 27.5 Å². The first-order chi connectivity index (χ1) is 12.8. The van der Waals surface area contributed by atoms with Gasteiger partial charge in [-0.15, -0.1) is 0 Å². The Bertz CT molecular complexity index is 897. The molecule has 2 aromatic rings. The van der Waals surface area contributed by atoms with Crippen LogP contribution < -0.4 is 10.6 Å². The Labute approximate surface area is 169 Å². The number of aliphatic carboxylic acids is 1. The van der Waals surface area contributed by atoms with Gasteiger partial charge < -0.3 is 15.7 Å². The van der Waals surface area contributed by atoms with E-state index in [9.17, 15) is 14.4 Å². The van der Waals surface area contributed by atoms with Crippen molar-refractivity contribution in [3.8, 4) is 0 Å². The number of carbonyl (C=O) groups excluding carboxylic acids is 2. The third-order valence-electron chi connectivity index (χ3n) is 3.51. The van der Waals surface area contributed by atoms with Crippen LogP contribution in [0.25, 0.3) is 6.08 Å². The Morgan fingerprint density at radius 1 is 1.11 bits per heavy atom. The van der Waals surface area contributed by atoms with Gasteiger partial charge in [0.15, 0.2) is 0 Å². The van der Waals surface area contributed by atoms with Crippen molar-refractivity contribution in [1.29, 1.82) is 0 Å². The number of carbonyl (C=O) groups is 3. The lowest BCUT2D eigenvalue weighted by Crippen LogP contribution is -2.42. The van der Waals surface area contributed by atoms with Crippen molar-refractivity contribution in [2.45, 2.75) is 13.0 Å². The molecule has 6 nitrogen and oxygen atoms in total. The van der Waals surface area contributed by atoms with E-state index in [1.807, 2.05) is 0 Å². The van der Waals surface area contributed by atoms with Crippen LogP contribution in [0.15, 0.2) is 58.7 Å². The molecule has 0 aliphatic carbocycles. The summed E-state index contributed by atoms with van der Waals surface area (Å²) in [6.45, 7) is 1.33. The fourth-order valence-electron chi connectivity index (χ4n) is 2.06. The number of benzene rings is 2. The molecule has 0 heterocycles. The molecule has 2 rings (SSSR count). The number of carboxylic acid groups (broad SMARTS) is 1. The summed E-state index contributed by atoms with van der Waals surface area (Å²) >= 11 is 9.14. The quantitative estimate of drug-likeness (QED) is 0.586. The Kier molecular flexibility index (Phi) is 7.15. The van der Waals surface area contributed by atoms with Gasteiger partial charge in [-0.3, -0.25) is 14.4 Å². The molecule has 0 aromatic heterocycles. The van der Waals surface area contributed by atoms with Gasteiger partial charge in [-0.1, -0.05) is 35.9 Å². The van der Waals surface area contributed by atoms with Crippen LogP contribution in [0.3, 0.4) is 0 Å². The molecule has 27 heavy (non-hydrogen) atoms. The van der Waals surface area contributed by atoms with Crippen molar-refractivity contribution in [2.24, 2.45) is 0 Å². The maximum Gasteiger partial charge on any atom is 0.325 e. The number of nitrogens with one attached hydrogen (secondary N) is 2. The Balaban J connectivity index is 2.32. The molecule has 0 aliphatic rings. The first-order valence-corrected chi connectivity index (χ1v) is 9.02. The maximum absolute atomic E-state index is 12.5. The SMILES string of the molecule is C[C@H](NC(=O)/C(=C\c1ccc(Cl)cc1)NC(=O)c1ccccc1Br)C(=O)O. The van der Waals surface area contributed by atoms with Gasteiger partial charge in [0.1, 0.15) is 11.7 Å². The number of hydrogen-bond acceptors (Lipinski definition) is 3. The van der Waals surface area contributed by atoms with Crippen molar-refractivity contribution in [3.63, 3.8) is 0 Å². The van der Waals surface area contributed by atoms with Crippen LogP contribution in [0.4, 0.5) is 0 Å². The first kappa shape index (κ1) is 20.7. The first-order valence-electron chi connectivity index (χ1n) is 7.84. The molecule has 0 saturated heterocycles. The van der Waals surface area contributed by atoms with Crippen LogP contribution in [0.2, 0.25) is 5.02 Å². The fourth-order valence-corrected chi connectivity index (χ4v) is 2.65. The number of carboxylic acids is 1. The van der Waals surface area contributed by atoms with Gasteiger partial charge in [-0.05, 0) is 58.8 Å².